The Hall–Kier alpha value is -1.75. The van der Waals surface area contributed by atoms with Crippen LogP contribution in [0.2, 0.25) is 5.15 Å². The number of nitrogens with zero attached hydrogens (tertiary/aromatic N) is 2. The predicted molar refractivity (Wildman–Crippen MR) is 53.5 cm³/mol. The van der Waals surface area contributed by atoms with Gasteiger partial charge in [0, 0.05) is 6.07 Å². The maximum atomic E-state index is 13.2. The van der Waals surface area contributed by atoms with E-state index in [-0.39, 0.29) is 16.8 Å². The van der Waals surface area contributed by atoms with Gasteiger partial charge in [-0.3, -0.25) is 0 Å². The number of ether oxygens (including phenoxy) is 1. The van der Waals surface area contributed by atoms with Crippen LogP contribution in [0.4, 0.5) is 8.78 Å². The van der Waals surface area contributed by atoms with E-state index < -0.39 is 11.6 Å². The second-order valence-electron chi connectivity index (χ2n) is 2.83. The third-order valence-corrected chi connectivity index (χ3v) is 1.95. The lowest BCUT2D eigenvalue weighted by atomic mass is 10.3. The number of rotatable bonds is 2. The summed E-state index contributed by atoms with van der Waals surface area (Å²) < 4.78 is 31.1. The summed E-state index contributed by atoms with van der Waals surface area (Å²) >= 11 is 5.58. The lowest BCUT2D eigenvalue weighted by Gasteiger charge is -2.05. The number of hydrogen-bond donors (Lipinski definition) is 0. The highest BCUT2D eigenvalue weighted by atomic mass is 35.5. The van der Waals surface area contributed by atoms with Crippen LogP contribution in [0.15, 0.2) is 30.6 Å². The van der Waals surface area contributed by atoms with Crippen molar-refractivity contribution in [1.82, 2.24) is 9.97 Å². The molecule has 0 bridgehead atoms. The third kappa shape index (κ3) is 2.25. The quantitative estimate of drug-likeness (QED) is 0.759. The summed E-state index contributed by atoms with van der Waals surface area (Å²) in [7, 11) is 0. The molecule has 6 heteroatoms. The van der Waals surface area contributed by atoms with Crippen molar-refractivity contribution < 1.29 is 13.5 Å². The molecule has 0 aliphatic heterocycles. The van der Waals surface area contributed by atoms with Gasteiger partial charge in [0.25, 0.3) is 0 Å². The van der Waals surface area contributed by atoms with Crippen molar-refractivity contribution in [2.45, 2.75) is 0 Å². The number of benzene rings is 1. The molecular weight excluding hydrogens is 238 g/mol. The maximum Gasteiger partial charge on any atom is 0.223 e. The molecule has 1 aromatic carbocycles. The monoisotopic (exact) mass is 242 g/mol. The minimum atomic E-state index is -1.07. The highest BCUT2D eigenvalue weighted by Gasteiger charge is 2.10. The molecule has 0 saturated heterocycles. The Labute approximate surface area is 94.7 Å². The van der Waals surface area contributed by atoms with E-state index in [0.717, 1.165) is 12.4 Å². The zero-order valence-electron chi connectivity index (χ0n) is 7.82. The van der Waals surface area contributed by atoms with Gasteiger partial charge in [-0.25, -0.2) is 14.4 Å². The first-order valence-corrected chi connectivity index (χ1v) is 4.64. The SMILES string of the molecule is Fc1cccc(Oc2cc(Cl)ncn2)c1F. The largest absolute Gasteiger partial charge is 0.436 e. The van der Waals surface area contributed by atoms with Crippen LogP contribution in [-0.2, 0) is 0 Å². The van der Waals surface area contributed by atoms with Gasteiger partial charge in [-0.2, -0.15) is 4.39 Å². The van der Waals surface area contributed by atoms with Crippen LogP contribution in [0.3, 0.4) is 0 Å². The van der Waals surface area contributed by atoms with Crippen molar-refractivity contribution in [1.29, 1.82) is 0 Å². The zero-order valence-corrected chi connectivity index (χ0v) is 8.58. The molecule has 0 amide bonds. The van der Waals surface area contributed by atoms with Gasteiger partial charge in [-0.15, -0.1) is 0 Å². The Morgan fingerprint density at radius 3 is 2.75 bits per heavy atom. The Morgan fingerprint density at radius 1 is 1.19 bits per heavy atom. The molecule has 2 aromatic rings. The fraction of sp³-hybridized carbons (Fsp3) is 0. The predicted octanol–water partition coefficient (Wildman–Crippen LogP) is 3.20. The molecule has 1 heterocycles. The van der Waals surface area contributed by atoms with Gasteiger partial charge < -0.3 is 4.74 Å². The maximum absolute atomic E-state index is 13.2. The first-order valence-electron chi connectivity index (χ1n) is 4.26. The van der Waals surface area contributed by atoms with Crippen LogP contribution >= 0.6 is 11.6 Å². The highest BCUT2D eigenvalue weighted by Crippen LogP contribution is 2.24. The average molecular weight is 243 g/mol. The topological polar surface area (TPSA) is 35.0 Å². The van der Waals surface area contributed by atoms with Gasteiger partial charge in [-0.05, 0) is 12.1 Å². The van der Waals surface area contributed by atoms with E-state index in [9.17, 15) is 8.78 Å². The van der Waals surface area contributed by atoms with Crippen molar-refractivity contribution in [3.05, 3.63) is 47.4 Å². The van der Waals surface area contributed by atoms with Gasteiger partial charge in [0.1, 0.15) is 11.5 Å². The van der Waals surface area contributed by atoms with Crippen LogP contribution in [0, 0.1) is 11.6 Å². The molecule has 82 valence electrons. The van der Waals surface area contributed by atoms with Crippen molar-refractivity contribution in [3.63, 3.8) is 0 Å². The van der Waals surface area contributed by atoms with E-state index in [2.05, 4.69) is 9.97 Å². The van der Waals surface area contributed by atoms with Crippen LogP contribution in [0.5, 0.6) is 11.6 Å². The molecule has 0 unspecified atom stereocenters. The van der Waals surface area contributed by atoms with E-state index in [1.807, 2.05) is 0 Å². The summed E-state index contributed by atoms with van der Waals surface area (Å²) in [5, 5.41) is 0.154. The van der Waals surface area contributed by atoms with Crippen molar-refractivity contribution in [2.75, 3.05) is 0 Å². The Kier molecular flexibility index (Phi) is 2.96. The lowest BCUT2D eigenvalue weighted by Crippen LogP contribution is -1.93. The van der Waals surface area contributed by atoms with Gasteiger partial charge >= 0.3 is 0 Å². The zero-order chi connectivity index (χ0) is 11.5. The molecule has 0 radical (unpaired) electrons. The molecule has 0 saturated carbocycles. The van der Waals surface area contributed by atoms with Crippen LogP contribution in [0.25, 0.3) is 0 Å². The van der Waals surface area contributed by atoms with Gasteiger partial charge in [0.2, 0.25) is 11.7 Å². The van der Waals surface area contributed by atoms with Gasteiger partial charge in [-0.1, -0.05) is 17.7 Å². The smallest absolute Gasteiger partial charge is 0.223 e. The summed E-state index contributed by atoms with van der Waals surface area (Å²) in [5.74, 6) is -2.27. The third-order valence-electron chi connectivity index (χ3n) is 1.74. The van der Waals surface area contributed by atoms with Gasteiger partial charge in [0.15, 0.2) is 11.6 Å². The normalized spacial score (nSPS) is 10.2. The summed E-state index contributed by atoms with van der Waals surface area (Å²) in [4.78, 5) is 7.33. The van der Waals surface area contributed by atoms with Crippen LogP contribution in [-0.4, -0.2) is 9.97 Å². The molecular formula is C10H5ClF2N2O. The van der Waals surface area contributed by atoms with Crippen LogP contribution in [0.1, 0.15) is 0 Å². The molecule has 0 N–H and O–H groups in total. The molecule has 3 nitrogen and oxygen atoms in total. The Bertz CT molecular complexity index is 522. The fourth-order valence-electron chi connectivity index (χ4n) is 1.05. The van der Waals surface area contributed by atoms with E-state index >= 15 is 0 Å². The molecule has 16 heavy (non-hydrogen) atoms. The number of hydrogen-bond acceptors (Lipinski definition) is 3. The van der Waals surface area contributed by atoms with Crippen molar-refractivity contribution in [2.24, 2.45) is 0 Å². The minimum Gasteiger partial charge on any atom is -0.436 e. The summed E-state index contributed by atoms with van der Waals surface area (Å²) in [5.41, 5.74) is 0. The van der Waals surface area contributed by atoms with E-state index in [1.165, 1.54) is 18.2 Å². The summed E-state index contributed by atoms with van der Waals surface area (Å²) in [6.07, 6.45) is 1.16. The van der Waals surface area contributed by atoms with Gasteiger partial charge in [0.05, 0.1) is 0 Å². The fourth-order valence-corrected chi connectivity index (χ4v) is 1.19. The second kappa shape index (κ2) is 4.40. The number of aromatic nitrogens is 2. The molecule has 0 aliphatic carbocycles. The first kappa shape index (κ1) is 10.8. The van der Waals surface area contributed by atoms with Crippen LogP contribution < -0.4 is 4.74 Å². The molecule has 0 aliphatic rings. The molecule has 0 atom stereocenters. The van der Waals surface area contributed by atoms with E-state index in [1.54, 1.807) is 0 Å². The minimum absolute atomic E-state index is 0.0458. The second-order valence-corrected chi connectivity index (χ2v) is 3.22. The first-order chi connectivity index (χ1) is 7.66. The summed E-state index contributed by atoms with van der Waals surface area (Å²) in [6.45, 7) is 0. The Balaban J connectivity index is 2.31. The molecule has 1 aromatic heterocycles. The molecule has 0 fully saturated rings. The average Bonchev–Trinajstić information content (AvgIpc) is 2.25. The standard InChI is InChI=1S/C10H5ClF2N2O/c11-8-4-9(15-5-14-8)16-7-3-1-2-6(12)10(7)13/h1-5H. The van der Waals surface area contributed by atoms with Crippen molar-refractivity contribution >= 4 is 11.6 Å². The van der Waals surface area contributed by atoms with E-state index in [0.29, 0.717) is 0 Å². The lowest BCUT2D eigenvalue weighted by molar-refractivity contribution is 0.405. The molecule has 2 rings (SSSR count). The van der Waals surface area contributed by atoms with Crippen molar-refractivity contribution in [3.8, 4) is 11.6 Å². The summed E-state index contributed by atoms with van der Waals surface area (Å²) in [6, 6.07) is 4.91. The number of halogens is 3. The highest BCUT2D eigenvalue weighted by molar-refractivity contribution is 6.29. The Morgan fingerprint density at radius 2 is 2.00 bits per heavy atom. The molecule has 0 spiro atoms. The van der Waals surface area contributed by atoms with E-state index in [4.69, 9.17) is 16.3 Å².